The van der Waals surface area contributed by atoms with Gasteiger partial charge in [-0.1, -0.05) is 76.2 Å². The Morgan fingerprint density at radius 1 is 0.700 bits per heavy atom. The van der Waals surface area contributed by atoms with Gasteiger partial charge in [-0.05, 0) is 35.1 Å². The van der Waals surface area contributed by atoms with Crippen molar-refractivity contribution in [3.63, 3.8) is 0 Å². The Bertz CT molecular complexity index is 909. The van der Waals surface area contributed by atoms with E-state index in [9.17, 15) is 0 Å². The van der Waals surface area contributed by atoms with Gasteiger partial charge in [-0.2, -0.15) is 0 Å². The molecule has 0 aliphatic carbocycles. The predicted octanol–water partition coefficient (Wildman–Crippen LogP) is 5.46. The van der Waals surface area contributed by atoms with Crippen LogP contribution in [0, 0.1) is 11.8 Å². The fourth-order valence-electron chi connectivity index (χ4n) is 3.61. The zero-order chi connectivity index (χ0) is 21.1. The van der Waals surface area contributed by atoms with Crippen molar-refractivity contribution in [1.82, 2.24) is 0 Å². The number of hydrogen-bond donors (Lipinski definition) is 0. The van der Waals surface area contributed by atoms with Crippen LogP contribution in [-0.4, -0.2) is 37.1 Å². The van der Waals surface area contributed by atoms with E-state index in [1.807, 2.05) is 24.3 Å². The molecule has 0 fully saturated rings. The van der Waals surface area contributed by atoms with Gasteiger partial charge in [-0.15, -0.1) is 0 Å². The molecule has 2 aromatic carbocycles. The number of benzene rings is 2. The molecule has 4 nitrogen and oxygen atoms in total. The third kappa shape index (κ3) is 4.33. The van der Waals surface area contributed by atoms with Gasteiger partial charge in [-0.3, -0.25) is 0 Å². The first-order chi connectivity index (χ1) is 14.5. The largest absolute Gasteiger partial charge is 0.475 e. The van der Waals surface area contributed by atoms with Crippen LogP contribution in [0.4, 0.5) is 0 Å². The highest BCUT2D eigenvalue weighted by Crippen LogP contribution is 2.24. The van der Waals surface area contributed by atoms with E-state index in [0.717, 1.165) is 34.0 Å². The minimum atomic E-state index is 0.226. The summed E-state index contributed by atoms with van der Waals surface area (Å²) in [6.45, 7) is 10.0. The van der Waals surface area contributed by atoms with Gasteiger partial charge in [-0.25, -0.2) is 9.98 Å². The van der Waals surface area contributed by atoms with Crippen LogP contribution in [-0.2, 0) is 9.47 Å². The van der Waals surface area contributed by atoms with Crippen molar-refractivity contribution in [3.05, 3.63) is 70.8 Å². The standard InChI is InChI=1S/C26H30N2O2/c1-17(2)23-15-29-25(27-23)21-11-7-5-9-19(21)13-14-20-10-6-8-12-22(20)26-28-24(16-30-26)18(3)4/h5-14,17-18,23-24H,15-16H2,1-4H3/b14-13+/t23-,24-/m1/s1. The van der Waals surface area contributed by atoms with E-state index in [1.165, 1.54) is 0 Å². The van der Waals surface area contributed by atoms with Crippen LogP contribution in [0.25, 0.3) is 12.2 Å². The first kappa shape index (κ1) is 20.4. The minimum Gasteiger partial charge on any atom is -0.475 e. The molecule has 0 saturated heterocycles. The number of rotatable bonds is 6. The van der Waals surface area contributed by atoms with Crippen molar-refractivity contribution in [2.24, 2.45) is 21.8 Å². The number of nitrogens with zero attached hydrogens (tertiary/aromatic N) is 2. The lowest BCUT2D eigenvalue weighted by molar-refractivity contribution is 0.291. The van der Waals surface area contributed by atoms with Crippen LogP contribution in [0.15, 0.2) is 58.5 Å². The quantitative estimate of drug-likeness (QED) is 0.602. The Balaban J connectivity index is 1.62. The van der Waals surface area contributed by atoms with Crippen molar-refractivity contribution >= 4 is 23.9 Å². The number of ether oxygens (including phenoxy) is 2. The molecule has 0 spiro atoms. The van der Waals surface area contributed by atoms with E-state index < -0.39 is 0 Å². The highest BCUT2D eigenvalue weighted by Gasteiger charge is 2.25. The molecule has 2 aromatic rings. The summed E-state index contributed by atoms with van der Waals surface area (Å²) in [7, 11) is 0. The second kappa shape index (κ2) is 8.86. The Morgan fingerprint density at radius 2 is 1.10 bits per heavy atom. The first-order valence-corrected chi connectivity index (χ1v) is 10.8. The highest BCUT2D eigenvalue weighted by molar-refractivity contribution is 6.01. The molecule has 0 N–H and O–H groups in total. The maximum Gasteiger partial charge on any atom is 0.217 e. The highest BCUT2D eigenvalue weighted by atomic mass is 16.5. The van der Waals surface area contributed by atoms with Gasteiger partial charge in [0.2, 0.25) is 11.8 Å². The van der Waals surface area contributed by atoms with Gasteiger partial charge in [0.05, 0.1) is 12.1 Å². The SMILES string of the molecule is CC(C)[C@H]1COC(c2ccccc2/C=C/c2ccccc2C2=N[C@@H](C(C)C)CO2)=N1. The molecule has 0 bridgehead atoms. The molecule has 4 heteroatoms. The minimum absolute atomic E-state index is 0.226. The Hall–Kier alpha value is -2.88. The molecule has 2 atom stereocenters. The Kier molecular flexibility index (Phi) is 6.03. The maximum atomic E-state index is 5.92. The van der Waals surface area contributed by atoms with Gasteiger partial charge in [0.25, 0.3) is 0 Å². The summed E-state index contributed by atoms with van der Waals surface area (Å²) in [5.41, 5.74) is 4.24. The van der Waals surface area contributed by atoms with Gasteiger partial charge >= 0.3 is 0 Å². The summed E-state index contributed by atoms with van der Waals surface area (Å²) in [4.78, 5) is 9.60. The lowest BCUT2D eigenvalue weighted by Gasteiger charge is -2.07. The smallest absolute Gasteiger partial charge is 0.217 e. The molecular weight excluding hydrogens is 372 g/mol. The summed E-state index contributed by atoms with van der Waals surface area (Å²) in [5.74, 6) is 2.42. The van der Waals surface area contributed by atoms with Crippen LogP contribution >= 0.6 is 0 Å². The summed E-state index contributed by atoms with van der Waals surface area (Å²) in [6.07, 6.45) is 4.25. The van der Waals surface area contributed by atoms with Crippen LogP contribution in [0.2, 0.25) is 0 Å². The Morgan fingerprint density at radius 3 is 1.47 bits per heavy atom. The van der Waals surface area contributed by atoms with Gasteiger partial charge in [0.15, 0.2) is 0 Å². The van der Waals surface area contributed by atoms with Gasteiger partial charge < -0.3 is 9.47 Å². The van der Waals surface area contributed by atoms with E-state index in [2.05, 4.69) is 64.1 Å². The van der Waals surface area contributed by atoms with Crippen LogP contribution in [0.5, 0.6) is 0 Å². The average molecular weight is 403 g/mol. The maximum absolute atomic E-state index is 5.92. The monoisotopic (exact) mass is 402 g/mol. The third-order valence-electron chi connectivity index (χ3n) is 5.71. The first-order valence-electron chi connectivity index (χ1n) is 10.8. The summed E-state index contributed by atoms with van der Waals surface area (Å²) < 4.78 is 11.8. The van der Waals surface area contributed by atoms with E-state index >= 15 is 0 Å². The van der Waals surface area contributed by atoms with Gasteiger partial charge in [0.1, 0.15) is 13.2 Å². The number of hydrogen-bond acceptors (Lipinski definition) is 4. The molecule has 30 heavy (non-hydrogen) atoms. The van der Waals surface area contributed by atoms with Crippen molar-refractivity contribution in [2.75, 3.05) is 13.2 Å². The Labute approximate surface area is 179 Å². The zero-order valence-corrected chi connectivity index (χ0v) is 18.2. The lowest BCUT2D eigenvalue weighted by Crippen LogP contribution is -2.13. The average Bonchev–Trinajstić information content (AvgIpc) is 3.43. The van der Waals surface area contributed by atoms with Crippen LogP contribution < -0.4 is 0 Å². The summed E-state index contributed by atoms with van der Waals surface area (Å²) in [6, 6.07) is 16.9. The molecule has 0 saturated carbocycles. The van der Waals surface area contributed by atoms with Crippen molar-refractivity contribution in [3.8, 4) is 0 Å². The fourth-order valence-corrected chi connectivity index (χ4v) is 3.61. The van der Waals surface area contributed by atoms with E-state index in [0.29, 0.717) is 25.0 Å². The fraction of sp³-hybridized carbons (Fsp3) is 0.385. The molecule has 2 aliphatic heterocycles. The molecule has 0 aromatic heterocycles. The van der Waals surface area contributed by atoms with Crippen LogP contribution in [0.3, 0.4) is 0 Å². The van der Waals surface area contributed by atoms with Crippen molar-refractivity contribution < 1.29 is 9.47 Å². The molecule has 156 valence electrons. The summed E-state index contributed by atoms with van der Waals surface area (Å²) >= 11 is 0. The normalized spacial score (nSPS) is 21.1. The predicted molar refractivity (Wildman–Crippen MR) is 124 cm³/mol. The molecule has 2 aliphatic rings. The second-order valence-electron chi connectivity index (χ2n) is 8.62. The summed E-state index contributed by atoms with van der Waals surface area (Å²) in [5, 5.41) is 0. The lowest BCUT2D eigenvalue weighted by atomic mass is 10.0. The molecule has 0 amide bonds. The second-order valence-corrected chi connectivity index (χ2v) is 8.62. The topological polar surface area (TPSA) is 43.2 Å². The van der Waals surface area contributed by atoms with Gasteiger partial charge in [0, 0.05) is 11.1 Å². The van der Waals surface area contributed by atoms with E-state index in [-0.39, 0.29) is 12.1 Å². The molecule has 0 unspecified atom stereocenters. The van der Waals surface area contributed by atoms with Crippen LogP contribution in [0.1, 0.15) is 49.9 Å². The molecule has 0 radical (unpaired) electrons. The molecular formula is C26H30N2O2. The van der Waals surface area contributed by atoms with E-state index in [4.69, 9.17) is 19.5 Å². The third-order valence-corrected chi connectivity index (χ3v) is 5.71. The number of aliphatic imine (C=N–C) groups is 2. The zero-order valence-electron chi connectivity index (χ0n) is 18.2. The molecule has 2 heterocycles. The molecule has 4 rings (SSSR count). The van der Waals surface area contributed by atoms with E-state index in [1.54, 1.807) is 0 Å². The van der Waals surface area contributed by atoms with Crippen molar-refractivity contribution in [2.45, 2.75) is 39.8 Å². The van der Waals surface area contributed by atoms with Crippen molar-refractivity contribution in [1.29, 1.82) is 0 Å².